The van der Waals surface area contributed by atoms with Crippen molar-refractivity contribution >= 4 is 12.6 Å². The molecule has 0 rings (SSSR count). The number of aliphatic hydroxyl groups excluding tert-OH is 1. The summed E-state index contributed by atoms with van der Waals surface area (Å²) in [4.78, 5) is 13.9. The highest BCUT2D eigenvalue weighted by Gasteiger charge is 1.93. The van der Waals surface area contributed by atoms with E-state index in [-0.39, 0.29) is 0 Å². The van der Waals surface area contributed by atoms with Gasteiger partial charge in [-0.2, -0.15) is 0 Å². The van der Waals surface area contributed by atoms with Crippen LogP contribution in [-0.4, -0.2) is 17.7 Å². The average Bonchev–Trinajstić information content (AvgIpc) is 1.63. The summed E-state index contributed by atoms with van der Waals surface area (Å²) >= 11 is 0. The monoisotopic (exact) mass is 130 g/mol. The Kier molecular flexibility index (Phi) is 2.89. The van der Waals surface area contributed by atoms with Gasteiger partial charge in [0.15, 0.2) is 0 Å². The van der Waals surface area contributed by atoms with Crippen molar-refractivity contribution in [1.82, 2.24) is 0 Å². The van der Waals surface area contributed by atoms with Gasteiger partial charge in [-0.25, -0.2) is 0 Å². The molecule has 0 aliphatic carbocycles. The lowest BCUT2D eigenvalue weighted by Crippen LogP contribution is -2.07. The number of hydrogen-bond acceptors (Lipinski definition) is 4. The number of oxime groups is 1. The second-order valence-corrected chi connectivity index (χ2v) is 1.11. The first-order valence-electron chi connectivity index (χ1n) is 2.00. The van der Waals surface area contributed by atoms with E-state index in [0.29, 0.717) is 6.08 Å². The van der Waals surface area contributed by atoms with Crippen LogP contribution in [0.25, 0.3) is 0 Å². The van der Waals surface area contributed by atoms with E-state index in [0.717, 1.165) is 0 Å². The van der Waals surface area contributed by atoms with Crippen molar-refractivity contribution in [1.29, 1.82) is 0 Å². The Bertz CT molecular complexity index is 152. The topological polar surface area (TPSA) is 84.9 Å². The highest BCUT2D eigenvalue weighted by Crippen LogP contribution is 1.88. The van der Waals surface area contributed by atoms with Gasteiger partial charge in [0.1, 0.15) is 0 Å². The van der Waals surface area contributed by atoms with Crippen LogP contribution in [-0.2, 0) is 9.63 Å². The van der Waals surface area contributed by atoms with Crippen molar-refractivity contribution in [2.75, 3.05) is 0 Å². The van der Waals surface area contributed by atoms with Crippen molar-refractivity contribution in [3.05, 3.63) is 12.0 Å². The van der Waals surface area contributed by atoms with Gasteiger partial charge < -0.3 is 15.7 Å². The number of aliphatic hydroxyl groups is 1. The third-order valence-corrected chi connectivity index (χ3v) is 0.424. The number of primary amides is 1. The number of hydrogen-bond donors (Lipinski definition) is 2. The first-order chi connectivity index (χ1) is 4.16. The summed E-state index contributed by atoms with van der Waals surface area (Å²) in [6.45, 7) is 2.88. The van der Waals surface area contributed by atoms with Gasteiger partial charge >= 0.3 is 5.95 Å². The largest absolute Gasteiger partial charge is 0.479 e. The Hall–Kier alpha value is -1.52. The van der Waals surface area contributed by atoms with Crippen molar-refractivity contribution in [3.63, 3.8) is 0 Å². The van der Waals surface area contributed by atoms with Crippen LogP contribution in [0.3, 0.4) is 0 Å². The Balaban J connectivity index is 3.83. The molecule has 5 nitrogen and oxygen atoms in total. The number of carbonyl (C=O) groups is 1. The second-order valence-electron chi connectivity index (χ2n) is 1.11. The van der Waals surface area contributed by atoms with Crippen LogP contribution in [0.2, 0.25) is 0 Å². The molecule has 0 aromatic carbocycles. The van der Waals surface area contributed by atoms with Crippen LogP contribution in [0, 0.1) is 0 Å². The summed E-state index contributed by atoms with van der Waals surface area (Å²) in [5, 5.41) is 11.2. The third kappa shape index (κ3) is 4.33. The van der Waals surface area contributed by atoms with Gasteiger partial charge in [-0.05, 0) is 0 Å². The van der Waals surface area contributed by atoms with E-state index in [4.69, 9.17) is 5.11 Å². The molecule has 0 heterocycles. The number of rotatable bonds is 3. The van der Waals surface area contributed by atoms with E-state index < -0.39 is 11.9 Å². The summed E-state index contributed by atoms with van der Waals surface area (Å²) in [5.41, 5.74) is 4.61. The molecule has 0 aliphatic heterocycles. The average molecular weight is 130 g/mol. The quantitative estimate of drug-likeness (QED) is 0.234. The number of nitrogens with zero attached hydrogens (tertiary/aromatic N) is 1. The first-order valence-corrected chi connectivity index (χ1v) is 2.00. The highest BCUT2D eigenvalue weighted by atomic mass is 16.7. The zero-order valence-corrected chi connectivity index (χ0v) is 4.57. The Labute approximate surface area is 51.4 Å². The minimum atomic E-state index is -0.809. The number of nitrogens with two attached hydrogens (primary N) is 1. The van der Waals surface area contributed by atoms with Gasteiger partial charge in [0.25, 0.3) is 0 Å². The van der Waals surface area contributed by atoms with Gasteiger partial charge in [-0.15, -0.1) is 0 Å². The molecular formula is C4H6N2O3. The Morgan fingerprint density at radius 3 is 2.78 bits per heavy atom. The molecule has 0 fully saturated rings. The van der Waals surface area contributed by atoms with Crippen molar-refractivity contribution < 1.29 is 14.7 Å². The zero-order chi connectivity index (χ0) is 7.28. The summed E-state index contributed by atoms with van der Waals surface area (Å²) in [6.07, 6.45) is 0.675. The summed E-state index contributed by atoms with van der Waals surface area (Å²) < 4.78 is 0. The predicted octanol–water partition coefficient (Wildman–Crippen LogP) is -0.497. The molecule has 0 unspecified atom stereocenters. The zero-order valence-electron chi connectivity index (χ0n) is 4.57. The lowest BCUT2D eigenvalue weighted by molar-refractivity contribution is -0.114. The van der Waals surface area contributed by atoms with Crippen LogP contribution in [0.5, 0.6) is 0 Å². The molecule has 0 aromatic heterocycles. The molecule has 50 valence electrons. The molecule has 0 aliphatic rings. The van der Waals surface area contributed by atoms with Crippen LogP contribution in [0.1, 0.15) is 0 Å². The van der Waals surface area contributed by atoms with E-state index in [2.05, 4.69) is 22.4 Å². The third-order valence-electron chi connectivity index (χ3n) is 0.424. The molecule has 9 heavy (non-hydrogen) atoms. The number of carbonyl (C=O) groups excluding carboxylic acids is 1. The highest BCUT2D eigenvalue weighted by molar-refractivity contribution is 5.85. The SMILES string of the molecule is C=NOC(O)=CC(N)=O. The number of amides is 1. The van der Waals surface area contributed by atoms with E-state index in [1.165, 1.54) is 0 Å². The fourth-order valence-corrected chi connectivity index (χ4v) is 0.214. The smallest absolute Gasteiger partial charge is 0.312 e. The molecule has 3 N–H and O–H groups in total. The molecule has 1 amide bonds. The molecule has 0 spiro atoms. The second kappa shape index (κ2) is 3.48. The normalized spacial score (nSPS) is 10.4. The van der Waals surface area contributed by atoms with Gasteiger partial charge in [0.05, 0.1) is 6.08 Å². The van der Waals surface area contributed by atoms with Crippen molar-refractivity contribution in [2.45, 2.75) is 0 Å². The maximum absolute atomic E-state index is 9.93. The maximum Gasteiger partial charge on any atom is 0.312 e. The molecule has 5 heteroatoms. The maximum atomic E-state index is 9.93. The standard InChI is InChI=1S/C4H6N2O3/c1-6-9-4(8)2-3(5)7/h2,8H,1H2,(H2,5,7). The fraction of sp³-hybridized carbons (Fsp3) is 0. The molecule has 0 bridgehead atoms. The van der Waals surface area contributed by atoms with Gasteiger partial charge in [-0.1, -0.05) is 5.16 Å². The van der Waals surface area contributed by atoms with E-state index >= 15 is 0 Å². The molecule has 0 radical (unpaired) electrons. The minimum Gasteiger partial charge on any atom is -0.479 e. The lowest BCUT2D eigenvalue weighted by atomic mass is 10.6. The fourth-order valence-electron chi connectivity index (χ4n) is 0.214. The van der Waals surface area contributed by atoms with Gasteiger partial charge in [0.2, 0.25) is 5.91 Å². The Morgan fingerprint density at radius 1 is 1.89 bits per heavy atom. The summed E-state index contributed by atoms with van der Waals surface area (Å²) in [7, 11) is 0. The molecular weight excluding hydrogens is 124 g/mol. The molecule has 0 atom stereocenters. The van der Waals surface area contributed by atoms with Crippen molar-refractivity contribution in [2.24, 2.45) is 10.9 Å². The van der Waals surface area contributed by atoms with Crippen molar-refractivity contribution in [3.8, 4) is 0 Å². The first kappa shape index (κ1) is 7.48. The molecule has 0 saturated heterocycles. The van der Waals surface area contributed by atoms with Crippen LogP contribution in [0.15, 0.2) is 17.2 Å². The van der Waals surface area contributed by atoms with Gasteiger partial charge in [0, 0.05) is 6.72 Å². The van der Waals surface area contributed by atoms with Crippen LogP contribution >= 0.6 is 0 Å². The predicted molar refractivity (Wildman–Crippen MR) is 30.5 cm³/mol. The van der Waals surface area contributed by atoms with E-state index in [1.54, 1.807) is 0 Å². The van der Waals surface area contributed by atoms with Crippen LogP contribution < -0.4 is 5.73 Å². The summed E-state index contributed by atoms with van der Waals surface area (Å²) in [6, 6.07) is 0. The molecule has 0 saturated carbocycles. The van der Waals surface area contributed by atoms with Gasteiger partial charge in [-0.3, -0.25) is 4.79 Å². The van der Waals surface area contributed by atoms with E-state index in [1.807, 2.05) is 0 Å². The molecule has 0 aromatic rings. The van der Waals surface area contributed by atoms with Crippen LogP contribution in [0.4, 0.5) is 0 Å². The minimum absolute atomic E-state index is 0.669. The summed E-state index contributed by atoms with van der Waals surface area (Å²) in [5.74, 6) is -1.48. The van der Waals surface area contributed by atoms with E-state index in [9.17, 15) is 4.79 Å². The lowest BCUT2D eigenvalue weighted by Gasteiger charge is -1.90. The Morgan fingerprint density at radius 2 is 2.44 bits per heavy atom.